The molecule has 0 amide bonds. The summed E-state index contributed by atoms with van der Waals surface area (Å²) in [5.41, 5.74) is 0. The normalized spacial score (nSPS) is 29.1. The van der Waals surface area contributed by atoms with Crippen molar-refractivity contribution in [3.05, 3.63) is 0 Å². The second kappa shape index (κ2) is 4.91. The van der Waals surface area contributed by atoms with E-state index >= 15 is 0 Å². The SMILES string of the molecule is C1CN(CCOCC2CO2)CCO1. The summed E-state index contributed by atoms with van der Waals surface area (Å²) in [7, 11) is 0. The van der Waals surface area contributed by atoms with Crippen LogP contribution in [0.25, 0.3) is 0 Å². The minimum absolute atomic E-state index is 0.393. The van der Waals surface area contributed by atoms with Gasteiger partial charge in [-0.05, 0) is 0 Å². The molecule has 0 radical (unpaired) electrons. The highest BCUT2D eigenvalue weighted by atomic mass is 16.6. The molecule has 1 unspecified atom stereocenters. The molecule has 2 heterocycles. The predicted molar refractivity (Wildman–Crippen MR) is 47.8 cm³/mol. The molecule has 0 N–H and O–H groups in total. The Labute approximate surface area is 78.7 Å². The van der Waals surface area contributed by atoms with Gasteiger partial charge in [-0.3, -0.25) is 4.90 Å². The van der Waals surface area contributed by atoms with Crippen LogP contribution in [-0.4, -0.2) is 63.7 Å². The van der Waals surface area contributed by atoms with Gasteiger partial charge < -0.3 is 14.2 Å². The van der Waals surface area contributed by atoms with Crippen LogP contribution in [0.2, 0.25) is 0 Å². The highest BCUT2D eigenvalue weighted by Crippen LogP contribution is 2.08. The van der Waals surface area contributed by atoms with Crippen LogP contribution < -0.4 is 0 Å². The van der Waals surface area contributed by atoms with Gasteiger partial charge in [-0.2, -0.15) is 0 Å². The molecule has 2 aliphatic heterocycles. The Morgan fingerprint density at radius 3 is 2.77 bits per heavy atom. The predicted octanol–water partition coefficient (Wildman–Crippen LogP) is -0.266. The third-order valence-corrected chi connectivity index (χ3v) is 2.36. The van der Waals surface area contributed by atoms with Crippen LogP contribution >= 0.6 is 0 Å². The van der Waals surface area contributed by atoms with Crippen molar-refractivity contribution in [2.45, 2.75) is 6.10 Å². The van der Waals surface area contributed by atoms with E-state index in [2.05, 4.69) is 4.90 Å². The van der Waals surface area contributed by atoms with Gasteiger partial charge in [-0.15, -0.1) is 0 Å². The zero-order chi connectivity index (χ0) is 8.93. The number of hydrogen-bond acceptors (Lipinski definition) is 4. The van der Waals surface area contributed by atoms with Gasteiger partial charge in [0.1, 0.15) is 6.10 Å². The number of ether oxygens (including phenoxy) is 3. The summed E-state index contributed by atoms with van der Waals surface area (Å²) in [6, 6.07) is 0. The molecule has 0 spiro atoms. The quantitative estimate of drug-likeness (QED) is 0.438. The van der Waals surface area contributed by atoms with Crippen LogP contribution in [0.1, 0.15) is 0 Å². The van der Waals surface area contributed by atoms with E-state index in [1.54, 1.807) is 0 Å². The number of rotatable bonds is 5. The van der Waals surface area contributed by atoms with E-state index in [9.17, 15) is 0 Å². The van der Waals surface area contributed by atoms with E-state index in [-0.39, 0.29) is 0 Å². The first-order valence-electron chi connectivity index (χ1n) is 4.94. The van der Waals surface area contributed by atoms with Crippen molar-refractivity contribution in [3.63, 3.8) is 0 Å². The van der Waals surface area contributed by atoms with Gasteiger partial charge in [0.15, 0.2) is 0 Å². The smallest absolute Gasteiger partial charge is 0.104 e. The van der Waals surface area contributed by atoms with E-state index < -0.39 is 0 Å². The first-order valence-corrected chi connectivity index (χ1v) is 4.94. The zero-order valence-corrected chi connectivity index (χ0v) is 7.91. The molecule has 4 heteroatoms. The van der Waals surface area contributed by atoms with Crippen molar-refractivity contribution in [3.8, 4) is 0 Å². The molecular weight excluding hydrogens is 170 g/mol. The molecule has 1 atom stereocenters. The van der Waals surface area contributed by atoms with E-state index in [0.717, 1.165) is 52.7 Å². The number of nitrogens with zero attached hydrogens (tertiary/aromatic N) is 1. The molecule has 76 valence electrons. The molecule has 13 heavy (non-hydrogen) atoms. The van der Waals surface area contributed by atoms with Gasteiger partial charge in [0, 0.05) is 19.6 Å². The molecule has 4 nitrogen and oxygen atoms in total. The van der Waals surface area contributed by atoms with E-state index in [1.807, 2.05) is 0 Å². The van der Waals surface area contributed by atoms with Crippen LogP contribution in [0.4, 0.5) is 0 Å². The third-order valence-electron chi connectivity index (χ3n) is 2.36. The van der Waals surface area contributed by atoms with Crippen molar-refractivity contribution in [2.75, 3.05) is 52.7 Å². The zero-order valence-electron chi connectivity index (χ0n) is 7.91. The van der Waals surface area contributed by atoms with Gasteiger partial charge in [0.05, 0.1) is 33.0 Å². The monoisotopic (exact) mass is 187 g/mol. The average Bonchev–Trinajstić information content (AvgIpc) is 2.98. The topological polar surface area (TPSA) is 34.2 Å². The van der Waals surface area contributed by atoms with E-state index in [1.165, 1.54) is 0 Å². The summed E-state index contributed by atoms with van der Waals surface area (Å²) in [6.07, 6.45) is 0.393. The average molecular weight is 187 g/mol. The first-order chi connectivity index (χ1) is 6.45. The van der Waals surface area contributed by atoms with Crippen molar-refractivity contribution in [2.24, 2.45) is 0 Å². The summed E-state index contributed by atoms with van der Waals surface area (Å²) in [5.74, 6) is 0. The fourth-order valence-corrected chi connectivity index (χ4v) is 1.40. The largest absolute Gasteiger partial charge is 0.379 e. The summed E-state index contributed by atoms with van der Waals surface area (Å²) in [6.45, 7) is 7.32. The fraction of sp³-hybridized carbons (Fsp3) is 1.00. The third kappa shape index (κ3) is 3.60. The van der Waals surface area contributed by atoms with Gasteiger partial charge in [0.2, 0.25) is 0 Å². The molecule has 0 aromatic carbocycles. The Morgan fingerprint density at radius 1 is 1.31 bits per heavy atom. The van der Waals surface area contributed by atoms with Gasteiger partial charge in [-0.1, -0.05) is 0 Å². The van der Waals surface area contributed by atoms with Gasteiger partial charge in [0.25, 0.3) is 0 Å². The minimum atomic E-state index is 0.393. The molecule has 0 aromatic rings. The highest BCUT2D eigenvalue weighted by Gasteiger charge is 2.22. The molecule has 0 aromatic heterocycles. The fourth-order valence-electron chi connectivity index (χ4n) is 1.40. The lowest BCUT2D eigenvalue weighted by Crippen LogP contribution is -2.38. The van der Waals surface area contributed by atoms with Crippen molar-refractivity contribution in [1.29, 1.82) is 0 Å². The molecule has 2 rings (SSSR count). The second-order valence-corrected chi connectivity index (χ2v) is 3.48. The summed E-state index contributed by atoms with van der Waals surface area (Å²) in [5, 5.41) is 0. The van der Waals surface area contributed by atoms with Crippen LogP contribution in [-0.2, 0) is 14.2 Å². The molecule has 0 saturated carbocycles. The maximum atomic E-state index is 5.45. The maximum Gasteiger partial charge on any atom is 0.104 e. The Bertz CT molecular complexity index is 144. The number of epoxide rings is 1. The Morgan fingerprint density at radius 2 is 2.08 bits per heavy atom. The Kier molecular flexibility index (Phi) is 3.55. The molecule has 2 aliphatic rings. The Hall–Kier alpha value is -0.160. The molecular formula is C9H17NO3. The Balaban J connectivity index is 1.46. The lowest BCUT2D eigenvalue weighted by molar-refractivity contribution is 0.0187. The number of hydrogen-bond donors (Lipinski definition) is 0. The van der Waals surface area contributed by atoms with Gasteiger partial charge in [-0.25, -0.2) is 0 Å². The van der Waals surface area contributed by atoms with Crippen molar-refractivity contribution >= 4 is 0 Å². The maximum absolute atomic E-state index is 5.45. The summed E-state index contributed by atoms with van der Waals surface area (Å²) in [4.78, 5) is 2.37. The summed E-state index contributed by atoms with van der Waals surface area (Å²) < 4.78 is 15.7. The van der Waals surface area contributed by atoms with Crippen LogP contribution in [0.3, 0.4) is 0 Å². The van der Waals surface area contributed by atoms with Crippen LogP contribution in [0.5, 0.6) is 0 Å². The highest BCUT2D eigenvalue weighted by molar-refractivity contribution is 4.67. The standard InChI is InChI=1S/C9H17NO3/c1-4-11-5-2-10(1)3-6-12-7-9-8-13-9/h9H,1-8H2. The van der Waals surface area contributed by atoms with E-state index in [0.29, 0.717) is 6.10 Å². The molecule has 0 aliphatic carbocycles. The van der Waals surface area contributed by atoms with Gasteiger partial charge >= 0.3 is 0 Å². The molecule has 2 saturated heterocycles. The molecule has 2 fully saturated rings. The first kappa shape index (κ1) is 9.40. The van der Waals surface area contributed by atoms with Crippen molar-refractivity contribution < 1.29 is 14.2 Å². The summed E-state index contributed by atoms with van der Waals surface area (Å²) >= 11 is 0. The van der Waals surface area contributed by atoms with E-state index in [4.69, 9.17) is 14.2 Å². The van der Waals surface area contributed by atoms with Crippen LogP contribution in [0.15, 0.2) is 0 Å². The van der Waals surface area contributed by atoms with Crippen LogP contribution in [0, 0.1) is 0 Å². The van der Waals surface area contributed by atoms with Crippen molar-refractivity contribution in [1.82, 2.24) is 4.90 Å². The minimum Gasteiger partial charge on any atom is -0.379 e. The molecule has 0 bridgehead atoms. The lowest BCUT2D eigenvalue weighted by atomic mass is 10.4. The second-order valence-electron chi connectivity index (χ2n) is 3.48. The number of morpholine rings is 1. The lowest BCUT2D eigenvalue weighted by Gasteiger charge is -2.26.